The molecule has 0 atom stereocenters. The van der Waals surface area contributed by atoms with Crippen molar-refractivity contribution in [2.24, 2.45) is 0 Å². The molecule has 1 aromatic carbocycles. The number of carboxylic acids is 1. The summed E-state index contributed by atoms with van der Waals surface area (Å²) in [6, 6.07) is 7.69. The Morgan fingerprint density at radius 1 is 1.30 bits per heavy atom. The van der Waals surface area contributed by atoms with Crippen molar-refractivity contribution >= 4 is 12.0 Å². The van der Waals surface area contributed by atoms with Crippen LogP contribution in [0.2, 0.25) is 0 Å². The van der Waals surface area contributed by atoms with Gasteiger partial charge in [0.25, 0.3) is 0 Å². The van der Waals surface area contributed by atoms with Crippen LogP contribution >= 0.6 is 0 Å². The molecule has 0 saturated heterocycles. The Bertz CT molecular complexity index is 507. The Morgan fingerprint density at radius 3 is 2.55 bits per heavy atom. The van der Waals surface area contributed by atoms with Gasteiger partial charge in [-0.25, -0.2) is 0 Å². The van der Waals surface area contributed by atoms with Gasteiger partial charge in [0.1, 0.15) is 5.75 Å². The predicted octanol–water partition coefficient (Wildman–Crippen LogP) is 4.30. The smallest absolute Gasteiger partial charge is 0.307 e. The standard InChI is InChI=1S/C17H22O3/c1-4-14(5-2)15(12-17(18)19)10-9-13-7-6-8-16(11-13)20-3/h6-11H,4-5,12H2,1-3H3,(H,18,19)/b10-9+. The van der Waals surface area contributed by atoms with Crippen LogP contribution in [0, 0.1) is 0 Å². The molecule has 3 heteroatoms. The fourth-order valence-electron chi connectivity index (χ4n) is 2.11. The van der Waals surface area contributed by atoms with E-state index in [0.717, 1.165) is 29.7 Å². The van der Waals surface area contributed by atoms with E-state index in [1.165, 1.54) is 5.57 Å². The molecule has 0 aliphatic carbocycles. The minimum Gasteiger partial charge on any atom is -0.497 e. The summed E-state index contributed by atoms with van der Waals surface area (Å²) in [6.07, 6.45) is 5.66. The molecule has 0 bridgehead atoms. The third-order valence-corrected chi connectivity index (χ3v) is 3.22. The van der Waals surface area contributed by atoms with Gasteiger partial charge in [-0.1, -0.05) is 43.7 Å². The lowest BCUT2D eigenvalue weighted by Crippen LogP contribution is -1.99. The topological polar surface area (TPSA) is 46.5 Å². The molecular weight excluding hydrogens is 252 g/mol. The maximum absolute atomic E-state index is 11.0. The van der Waals surface area contributed by atoms with Crippen molar-refractivity contribution in [3.05, 3.63) is 47.1 Å². The van der Waals surface area contributed by atoms with Crippen molar-refractivity contribution in [2.45, 2.75) is 33.1 Å². The molecule has 0 radical (unpaired) electrons. The first-order chi connectivity index (χ1) is 9.60. The van der Waals surface area contributed by atoms with Crippen LogP contribution in [0.1, 0.15) is 38.7 Å². The highest BCUT2D eigenvalue weighted by Crippen LogP contribution is 2.20. The molecule has 20 heavy (non-hydrogen) atoms. The molecule has 0 fully saturated rings. The molecular formula is C17H22O3. The summed E-state index contributed by atoms with van der Waals surface area (Å²) in [7, 11) is 1.63. The quantitative estimate of drug-likeness (QED) is 0.754. The molecule has 0 amide bonds. The minimum absolute atomic E-state index is 0.0669. The van der Waals surface area contributed by atoms with E-state index in [0.29, 0.717) is 0 Å². The molecule has 1 aromatic rings. The van der Waals surface area contributed by atoms with Gasteiger partial charge < -0.3 is 9.84 Å². The number of allylic oxidation sites excluding steroid dienone is 2. The van der Waals surface area contributed by atoms with Gasteiger partial charge in [-0.2, -0.15) is 0 Å². The molecule has 1 rings (SSSR count). The number of aliphatic carboxylic acids is 1. The van der Waals surface area contributed by atoms with Crippen LogP contribution in [0.15, 0.2) is 41.5 Å². The van der Waals surface area contributed by atoms with Gasteiger partial charge >= 0.3 is 5.97 Å². The summed E-state index contributed by atoms with van der Waals surface area (Å²) >= 11 is 0. The largest absolute Gasteiger partial charge is 0.497 e. The van der Waals surface area contributed by atoms with E-state index in [-0.39, 0.29) is 6.42 Å². The maximum atomic E-state index is 11.0. The summed E-state index contributed by atoms with van der Waals surface area (Å²) in [6.45, 7) is 4.11. The summed E-state index contributed by atoms with van der Waals surface area (Å²) in [5, 5.41) is 9.02. The molecule has 0 spiro atoms. The number of hydrogen-bond acceptors (Lipinski definition) is 2. The monoisotopic (exact) mass is 274 g/mol. The van der Waals surface area contributed by atoms with Crippen molar-refractivity contribution < 1.29 is 14.6 Å². The van der Waals surface area contributed by atoms with Crippen molar-refractivity contribution in [2.75, 3.05) is 7.11 Å². The van der Waals surface area contributed by atoms with Gasteiger partial charge in [0.05, 0.1) is 13.5 Å². The zero-order valence-electron chi connectivity index (χ0n) is 12.3. The second-order valence-corrected chi connectivity index (χ2v) is 4.52. The Kier molecular flexibility index (Phi) is 6.57. The number of ether oxygens (including phenoxy) is 1. The lowest BCUT2D eigenvalue weighted by atomic mass is 9.99. The molecule has 1 N–H and O–H groups in total. The fraction of sp³-hybridized carbons (Fsp3) is 0.353. The molecule has 0 unspecified atom stereocenters. The van der Waals surface area contributed by atoms with Gasteiger partial charge in [-0.15, -0.1) is 0 Å². The first kappa shape index (κ1) is 16.0. The number of methoxy groups -OCH3 is 1. The average molecular weight is 274 g/mol. The van der Waals surface area contributed by atoms with Crippen molar-refractivity contribution in [3.63, 3.8) is 0 Å². The van der Waals surface area contributed by atoms with Gasteiger partial charge in [-0.05, 0) is 36.1 Å². The molecule has 108 valence electrons. The number of benzene rings is 1. The maximum Gasteiger partial charge on any atom is 0.307 e. The molecule has 0 aliphatic heterocycles. The van der Waals surface area contributed by atoms with E-state index in [9.17, 15) is 4.79 Å². The summed E-state index contributed by atoms with van der Waals surface area (Å²) < 4.78 is 5.18. The second-order valence-electron chi connectivity index (χ2n) is 4.52. The van der Waals surface area contributed by atoms with E-state index in [1.807, 2.05) is 36.4 Å². The first-order valence-corrected chi connectivity index (χ1v) is 6.85. The van der Waals surface area contributed by atoms with Gasteiger partial charge in [0.15, 0.2) is 0 Å². The van der Waals surface area contributed by atoms with Gasteiger partial charge in [0.2, 0.25) is 0 Å². The van der Waals surface area contributed by atoms with Crippen LogP contribution < -0.4 is 4.74 Å². The van der Waals surface area contributed by atoms with Crippen LogP contribution in [0.25, 0.3) is 6.08 Å². The Labute approximate surface area is 120 Å². The van der Waals surface area contributed by atoms with Crippen molar-refractivity contribution in [3.8, 4) is 5.75 Å². The fourth-order valence-corrected chi connectivity index (χ4v) is 2.11. The van der Waals surface area contributed by atoms with Crippen LogP contribution in [0.3, 0.4) is 0 Å². The van der Waals surface area contributed by atoms with E-state index in [4.69, 9.17) is 9.84 Å². The zero-order valence-corrected chi connectivity index (χ0v) is 12.3. The summed E-state index contributed by atoms with van der Waals surface area (Å²) in [5.41, 5.74) is 3.08. The number of carboxylic acid groups (broad SMARTS) is 1. The highest BCUT2D eigenvalue weighted by Gasteiger charge is 2.06. The Morgan fingerprint density at radius 2 is 2.00 bits per heavy atom. The van der Waals surface area contributed by atoms with Crippen molar-refractivity contribution in [1.29, 1.82) is 0 Å². The van der Waals surface area contributed by atoms with Crippen LogP contribution in [0.4, 0.5) is 0 Å². The number of hydrogen-bond donors (Lipinski definition) is 1. The van der Waals surface area contributed by atoms with Crippen molar-refractivity contribution in [1.82, 2.24) is 0 Å². The van der Waals surface area contributed by atoms with Gasteiger partial charge in [-0.3, -0.25) is 4.79 Å². The van der Waals surface area contributed by atoms with Gasteiger partial charge in [0, 0.05) is 0 Å². The molecule has 0 aliphatic rings. The summed E-state index contributed by atoms with van der Waals surface area (Å²) in [4.78, 5) is 11.0. The Hall–Kier alpha value is -2.03. The second kappa shape index (κ2) is 8.20. The van der Waals surface area contributed by atoms with Crippen LogP contribution in [0.5, 0.6) is 5.75 Å². The average Bonchev–Trinajstić information content (AvgIpc) is 2.45. The van der Waals surface area contributed by atoms with E-state index in [2.05, 4.69) is 13.8 Å². The zero-order chi connectivity index (χ0) is 15.0. The molecule has 0 heterocycles. The minimum atomic E-state index is -0.797. The molecule has 0 aromatic heterocycles. The third-order valence-electron chi connectivity index (χ3n) is 3.22. The lowest BCUT2D eigenvalue weighted by molar-refractivity contribution is -0.136. The predicted molar refractivity (Wildman–Crippen MR) is 81.9 cm³/mol. The highest BCUT2D eigenvalue weighted by molar-refractivity contribution is 5.72. The number of carbonyl (C=O) groups is 1. The van der Waals surface area contributed by atoms with E-state index >= 15 is 0 Å². The van der Waals surface area contributed by atoms with Crippen LogP contribution in [-0.2, 0) is 4.79 Å². The lowest BCUT2D eigenvalue weighted by Gasteiger charge is -2.07. The third kappa shape index (κ3) is 4.92. The first-order valence-electron chi connectivity index (χ1n) is 6.85. The Balaban J connectivity index is 3.01. The molecule has 0 saturated carbocycles. The molecule has 3 nitrogen and oxygen atoms in total. The SMILES string of the molecule is CCC(CC)=C(/C=C/c1cccc(OC)c1)CC(=O)O. The summed E-state index contributed by atoms with van der Waals surface area (Å²) in [5.74, 6) is -0.00295. The van der Waals surface area contributed by atoms with Crippen LogP contribution in [-0.4, -0.2) is 18.2 Å². The van der Waals surface area contributed by atoms with E-state index in [1.54, 1.807) is 7.11 Å². The van der Waals surface area contributed by atoms with E-state index < -0.39 is 5.97 Å². The normalized spacial score (nSPS) is 10.6. The number of rotatable bonds is 7. The highest BCUT2D eigenvalue weighted by atomic mass is 16.5.